The Morgan fingerprint density at radius 1 is 0.968 bits per heavy atom. The molecule has 0 N–H and O–H groups in total. The van der Waals surface area contributed by atoms with Gasteiger partial charge in [0.15, 0.2) is 11.5 Å². The molecular weight excluding hydrogens is 420 g/mol. The first-order chi connectivity index (χ1) is 15.0. The van der Waals surface area contributed by atoms with Crippen molar-refractivity contribution in [2.45, 2.75) is 18.2 Å². The SMILES string of the molecule is CCOc1ccc(S(=O)(=O)N2CCN(C(=O)c3ccc4c(c3)OCCCO4)CC2)cc1. The zero-order valence-corrected chi connectivity index (χ0v) is 18.3. The van der Waals surface area contributed by atoms with Gasteiger partial charge in [0.25, 0.3) is 5.91 Å². The molecule has 4 rings (SSSR count). The third kappa shape index (κ3) is 4.62. The third-order valence-corrected chi connectivity index (χ3v) is 7.21. The Morgan fingerprint density at radius 3 is 2.32 bits per heavy atom. The van der Waals surface area contributed by atoms with Crippen molar-refractivity contribution in [1.29, 1.82) is 0 Å². The van der Waals surface area contributed by atoms with Gasteiger partial charge in [-0.2, -0.15) is 4.31 Å². The molecule has 1 saturated heterocycles. The van der Waals surface area contributed by atoms with E-state index in [0.717, 1.165) is 6.42 Å². The number of carbonyl (C=O) groups excluding carboxylic acids is 1. The maximum Gasteiger partial charge on any atom is 0.254 e. The van der Waals surface area contributed by atoms with Crippen molar-refractivity contribution in [1.82, 2.24) is 9.21 Å². The average molecular weight is 447 g/mol. The summed E-state index contributed by atoms with van der Waals surface area (Å²) < 4.78 is 44.0. The molecule has 0 aliphatic carbocycles. The molecule has 0 bridgehead atoms. The summed E-state index contributed by atoms with van der Waals surface area (Å²) in [7, 11) is -3.62. The van der Waals surface area contributed by atoms with Gasteiger partial charge in [-0.25, -0.2) is 8.42 Å². The topological polar surface area (TPSA) is 85.4 Å². The number of carbonyl (C=O) groups is 1. The van der Waals surface area contributed by atoms with Crippen LogP contribution in [0.5, 0.6) is 17.2 Å². The largest absolute Gasteiger partial charge is 0.494 e. The molecule has 0 radical (unpaired) electrons. The molecule has 0 saturated carbocycles. The van der Waals surface area contributed by atoms with Crippen LogP contribution < -0.4 is 14.2 Å². The predicted octanol–water partition coefficient (Wildman–Crippen LogP) is 2.39. The highest BCUT2D eigenvalue weighted by atomic mass is 32.2. The first kappa shape index (κ1) is 21.5. The fraction of sp³-hybridized carbons (Fsp3) is 0.409. The summed E-state index contributed by atoms with van der Waals surface area (Å²) in [6.07, 6.45) is 0.794. The third-order valence-electron chi connectivity index (χ3n) is 5.29. The number of rotatable bonds is 5. The van der Waals surface area contributed by atoms with Gasteiger partial charge in [0.1, 0.15) is 5.75 Å². The summed E-state index contributed by atoms with van der Waals surface area (Å²) in [6.45, 7) is 4.66. The van der Waals surface area contributed by atoms with Gasteiger partial charge < -0.3 is 19.1 Å². The van der Waals surface area contributed by atoms with Crippen LogP contribution in [0.25, 0.3) is 0 Å². The van der Waals surface area contributed by atoms with Crippen LogP contribution in [0.4, 0.5) is 0 Å². The summed E-state index contributed by atoms with van der Waals surface area (Å²) >= 11 is 0. The maximum atomic E-state index is 12.9. The van der Waals surface area contributed by atoms with Crippen molar-refractivity contribution in [2.24, 2.45) is 0 Å². The maximum absolute atomic E-state index is 12.9. The molecule has 1 fully saturated rings. The lowest BCUT2D eigenvalue weighted by atomic mass is 10.1. The van der Waals surface area contributed by atoms with Crippen LogP contribution in [0.2, 0.25) is 0 Å². The number of amides is 1. The number of ether oxygens (including phenoxy) is 3. The molecule has 1 amide bonds. The Balaban J connectivity index is 1.41. The van der Waals surface area contributed by atoms with E-state index in [1.807, 2.05) is 6.92 Å². The van der Waals surface area contributed by atoms with E-state index in [4.69, 9.17) is 14.2 Å². The smallest absolute Gasteiger partial charge is 0.254 e. The number of hydrogen-bond acceptors (Lipinski definition) is 6. The quantitative estimate of drug-likeness (QED) is 0.701. The van der Waals surface area contributed by atoms with Gasteiger partial charge in [-0.05, 0) is 49.4 Å². The lowest BCUT2D eigenvalue weighted by Gasteiger charge is -2.34. The number of piperazine rings is 1. The van der Waals surface area contributed by atoms with Crippen molar-refractivity contribution in [3.63, 3.8) is 0 Å². The molecule has 0 atom stereocenters. The van der Waals surface area contributed by atoms with Gasteiger partial charge in [-0.15, -0.1) is 0 Å². The summed E-state index contributed by atoms with van der Waals surface area (Å²) in [6, 6.07) is 11.6. The van der Waals surface area contributed by atoms with E-state index in [0.29, 0.717) is 55.7 Å². The van der Waals surface area contributed by atoms with Crippen LogP contribution in [0.3, 0.4) is 0 Å². The Morgan fingerprint density at radius 2 is 1.65 bits per heavy atom. The van der Waals surface area contributed by atoms with E-state index >= 15 is 0 Å². The van der Waals surface area contributed by atoms with E-state index in [9.17, 15) is 13.2 Å². The highest BCUT2D eigenvalue weighted by Gasteiger charge is 2.30. The van der Waals surface area contributed by atoms with E-state index in [1.165, 1.54) is 4.31 Å². The Bertz CT molecular complexity index is 1030. The standard InChI is InChI=1S/C22H26N2O6S/c1-2-28-18-5-7-19(8-6-18)31(26,27)24-12-10-23(11-13-24)22(25)17-4-9-20-21(16-17)30-15-3-14-29-20/h4-9,16H,2-3,10-15H2,1H3. The van der Waals surface area contributed by atoms with Crippen molar-refractivity contribution in [3.8, 4) is 17.2 Å². The second-order valence-corrected chi connectivity index (χ2v) is 9.25. The molecule has 9 heteroatoms. The lowest BCUT2D eigenvalue weighted by molar-refractivity contribution is 0.0697. The minimum Gasteiger partial charge on any atom is -0.494 e. The Kier molecular flexibility index (Phi) is 6.33. The lowest BCUT2D eigenvalue weighted by Crippen LogP contribution is -2.50. The zero-order valence-electron chi connectivity index (χ0n) is 17.5. The number of nitrogens with zero attached hydrogens (tertiary/aromatic N) is 2. The van der Waals surface area contributed by atoms with Crippen molar-refractivity contribution < 1.29 is 27.4 Å². The molecular formula is C22H26N2O6S. The van der Waals surface area contributed by atoms with Crippen molar-refractivity contribution in [3.05, 3.63) is 48.0 Å². The van der Waals surface area contributed by atoms with Crippen molar-refractivity contribution in [2.75, 3.05) is 46.0 Å². The first-order valence-electron chi connectivity index (χ1n) is 10.4. The normalized spacial score (nSPS) is 17.1. The van der Waals surface area contributed by atoms with E-state index in [-0.39, 0.29) is 23.9 Å². The number of benzene rings is 2. The predicted molar refractivity (Wildman–Crippen MR) is 114 cm³/mol. The highest BCUT2D eigenvalue weighted by molar-refractivity contribution is 7.89. The molecule has 0 unspecified atom stereocenters. The molecule has 2 aromatic rings. The van der Waals surface area contributed by atoms with Crippen LogP contribution in [0, 0.1) is 0 Å². The molecule has 2 aliphatic rings. The van der Waals surface area contributed by atoms with Gasteiger partial charge in [0.05, 0.1) is 24.7 Å². The number of hydrogen-bond donors (Lipinski definition) is 0. The van der Waals surface area contributed by atoms with Gasteiger partial charge in [0.2, 0.25) is 10.0 Å². The second kappa shape index (κ2) is 9.15. The van der Waals surface area contributed by atoms with E-state index in [1.54, 1.807) is 47.4 Å². The average Bonchev–Trinajstić information content (AvgIpc) is 3.04. The molecule has 31 heavy (non-hydrogen) atoms. The van der Waals surface area contributed by atoms with Crippen LogP contribution in [0.15, 0.2) is 47.4 Å². The van der Waals surface area contributed by atoms with Gasteiger partial charge in [0, 0.05) is 38.2 Å². The van der Waals surface area contributed by atoms with Crippen LogP contribution in [-0.4, -0.2) is 69.5 Å². The molecule has 2 aliphatic heterocycles. The van der Waals surface area contributed by atoms with E-state index < -0.39 is 10.0 Å². The Hall–Kier alpha value is -2.78. The van der Waals surface area contributed by atoms with E-state index in [2.05, 4.69) is 0 Å². The molecule has 8 nitrogen and oxygen atoms in total. The molecule has 2 aromatic carbocycles. The molecule has 2 heterocycles. The Labute approximate surface area is 182 Å². The first-order valence-corrected chi connectivity index (χ1v) is 11.8. The van der Waals surface area contributed by atoms with Crippen LogP contribution >= 0.6 is 0 Å². The summed E-state index contributed by atoms with van der Waals surface area (Å²) in [5.41, 5.74) is 0.507. The number of sulfonamides is 1. The minimum absolute atomic E-state index is 0.145. The van der Waals surface area contributed by atoms with Crippen LogP contribution in [-0.2, 0) is 10.0 Å². The number of fused-ring (bicyclic) bond motifs is 1. The van der Waals surface area contributed by atoms with Crippen molar-refractivity contribution >= 4 is 15.9 Å². The molecule has 0 aromatic heterocycles. The summed E-state index contributed by atoms with van der Waals surface area (Å²) in [5.74, 6) is 1.70. The fourth-order valence-electron chi connectivity index (χ4n) is 3.63. The minimum atomic E-state index is -3.62. The van der Waals surface area contributed by atoms with Gasteiger partial charge >= 0.3 is 0 Å². The highest BCUT2D eigenvalue weighted by Crippen LogP contribution is 2.31. The fourth-order valence-corrected chi connectivity index (χ4v) is 5.06. The van der Waals surface area contributed by atoms with Gasteiger partial charge in [-0.3, -0.25) is 4.79 Å². The summed E-state index contributed by atoms with van der Waals surface area (Å²) in [5, 5.41) is 0. The van der Waals surface area contributed by atoms with Crippen LogP contribution in [0.1, 0.15) is 23.7 Å². The molecule has 0 spiro atoms. The van der Waals surface area contributed by atoms with Gasteiger partial charge in [-0.1, -0.05) is 0 Å². The summed E-state index contributed by atoms with van der Waals surface area (Å²) in [4.78, 5) is 14.8. The monoisotopic (exact) mass is 446 g/mol. The molecule has 166 valence electrons. The zero-order chi connectivity index (χ0) is 21.8. The second-order valence-electron chi connectivity index (χ2n) is 7.31.